The first-order chi connectivity index (χ1) is 15.5. The second kappa shape index (κ2) is 19.4. The molecule has 0 amide bonds. The number of unbranched alkanes of at least 4 members (excludes halogenated alkanes) is 15. The minimum atomic E-state index is 1.03. The van der Waals surface area contributed by atoms with Crippen LogP contribution in [0.2, 0.25) is 0 Å². The van der Waals surface area contributed by atoms with Gasteiger partial charge in [-0.1, -0.05) is 139 Å². The van der Waals surface area contributed by atoms with Gasteiger partial charge in [0.2, 0.25) is 0 Å². The van der Waals surface area contributed by atoms with Gasteiger partial charge in [0.1, 0.15) is 6.54 Å². The molecule has 0 aliphatic carbocycles. The molecule has 0 heterocycles. The van der Waals surface area contributed by atoms with Gasteiger partial charge in [-0.25, -0.2) is 0 Å². The molecule has 0 saturated carbocycles. The van der Waals surface area contributed by atoms with Crippen LogP contribution in [0.1, 0.15) is 129 Å². The minimum absolute atomic E-state index is 1.03. The number of allylic oxidation sites excluding steroid dienone is 1. The van der Waals surface area contributed by atoms with Gasteiger partial charge in [-0.15, -0.1) is 0 Å². The Labute approximate surface area is 202 Å². The van der Waals surface area contributed by atoms with Gasteiger partial charge in [-0.05, 0) is 25.8 Å². The maximum Gasteiger partial charge on any atom is 0.104 e. The van der Waals surface area contributed by atoms with Crippen molar-refractivity contribution in [3.8, 4) is 0 Å². The summed E-state index contributed by atoms with van der Waals surface area (Å²) in [6.07, 6.45) is 26.9. The van der Waals surface area contributed by atoms with Crippen molar-refractivity contribution in [3.63, 3.8) is 0 Å². The van der Waals surface area contributed by atoms with E-state index in [0.717, 1.165) is 17.6 Å². The molecule has 0 unspecified atom stereocenters. The number of hydrogen-bond donors (Lipinski definition) is 0. The normalized spacial score (nSPS) is 12.4. The van der Waals surface area contributed by atoms with Gasteiger partial charge in [0, 0.05) is 5.56 Å². The molecule has 0 spiro atoms. The fourth-order valence-electron chi connectivity index (χ4n) is 4.60. The second-order valence-corrected chi connectivity index (χ2v) is 10.9. The molecule has 0 fully saturated rings. The third kappa shape index (κ3) is 17.5. The maximum absolute atomic E-state index is 2.48. The van der Waals surface area contributed by atoms with E-state index in [2.05, 4.69) is 64.4 Å². The Morgan fingerprint density at radius 1 is 0.656 bits per heavy atom. The number of likely N-dealkylation sites (N-methyl/N-ethyl adjacent to an activating group) is 1. The molecule has 1 nitrogen and oxygen atoms in total. The van der Waals surface area contributed by atoms with E-state index in [0.29, 0.717) is 0 Å². The fourth-order valence-corrected chi connectivity index (χ4v) is 4.60. The number of benzene rings is 1. The SMILES string of the molecule is CCCCCCCCCCCCCCCCCCC(C)=CC[N+](C)(C)Cc1ccccc1. The summed E-state index contributed by atoms with van der Waals surface area (Å²) in [5.74, 6) is 0. The van der Waals surface area contributed by atoms with Crippen LogP contribution in [0.3, 0.4) is 0 Å². The lowest BCUT2D eigenvalue weighted by Gasteiger charge is -2.29. The summed E-state index contributed by atoms with van der Waals surface area (Å²) in [5.41, 5.74) is 3.01. The first kappa shape index (κ1) is 29.0. The molecule has 32 heavy (non-hydrogen) atoms. The summed E-state index contributed by atoms with van der Waals surface area (Å²) in [5, 5.41) is 0. The third-order valence-corrected chi connectivity index (χ3v) is 6.81. The molecule has 0 aliphatic heterocycles. The first-order valence-electron chi connectivity index (χ1n) is 14.0. The molecule has 0 atom stereocenters. The Hall–Kier alpha value is -1.08. The summed E-state index contributed by atoms with van der Waals surface area (Å²) in [4.78, 5) is 0. The van der Waals surface area contributed by atoms with Gasteiger partial charge in [-0.2, -0.15) is 0 Å². The van der Waals surface area contributed by atoms with E-state index in [1.165, 1.54) is 115 Å². The molecule has 1 aromatic rings. The molecule has 184 valence electrons. The van der Waals surface area contributed by atoms with E-state index in [1.807, 2.05) is 0 Å². The van der Waals surface area contributed by atoms with E-state index in [1.54, 1.807) is 5.57 Å². The predicted molar refractivity (Wildman–Crippen MR) is 145 cm³/mol. The smallest absolute Gasteiger partial charge is 0.104 e. The van der Waals surface area contributed by atoms with E-state index in [9.17, 15) is 0 Å². The Bertz CT molecular complexity index is 557. The Morgan fingerprint density at radius 2 is 1.09 bits per heavy atom. The number of nitrogens with zero attached hydrogens (tertiary/aromatic N) is 1. The maximum atomic E-state index is 2.48. The molecule has 1 heteroatoms. The molecule has 0 saturated heterocycles. The average molecular weight is 443 g/mol. The second-order valence-electron chi connectivity index (χ2n) is 10.9. The van der Waals surface area contributed by atoms with Crippen LogP contribution in [0.15, 0.2) is 42.0 Å². The molecule has 0 bridgehead atoms. The van der Waals surface area contributed by atoms with Crippen molar-refractivity contribution in [1.82, 2.24) is 0 Å². The molecular weight excluding hydrogens is 386 g/mol. The Morgan fingerprint density at radius 3 is 1.56 bits per heavy atom. The zero-order valence-electron chi connectivity index (χ0n) is 22.3. The highest BCUT2D eigenvalue weighted by Gasteiger charge is 2.13. The molecule has 0 radical (unpaired) electrons. The van der Waals surface area contributed by atoms with E-state index in [4.69, 9.17) is 0 Å². The summed E-state index contributed by atoms with van der Waals surface area (Å²) >= 11 is 0. The molecular formula is C31H56N+. The van der Waals surface area contributed by atoms with Gasteiger partial charge >= 0.3 is 0 Å². The lowest BCUT2D eigenvalue weighted by molar-refractivity contribution is -0.898. The van der Waals surface area contributed by atoms with Crippen LogP contribution in [0.4, 0.5) is 0 Å². The Kier molecular flexibility index (Phi) is 17.5. The summed E-state index contributed by atoms with van der Waals surface area (Å²) in [6.45, 7) is 6.85. The third-order valence-electron chi connectivity index (χ3n) is 6.81. The quantitative estimate of drug-likeness (QED) is 0.101. The predicted octanol–water partition coefficient (Wildman–Crippen LogP) is 9.86. The topological polar surface area (TPSA) is 0 Å². The number of quaternary nitrogens is 1. The van der Waals surface area contributed by atoms with Crippen molar-refractivity contribution in [1.29, 1.82) is 0 Å². The summed E-state index contributed by atoms with van der Waals surface area (Å²) in [7, 11) is 4.68. The van der Waals surface area contributed by atoms with Crippen molar-refractivity contribution in [3.05, 3.63) is 47.5 Å². The largest absolute Gasteiger partial charge is 0.321 e. The van der Waals surface area contributed by atoms with E-state index < -0.39 is 0 Å². The van der Waals surface area contributed by atoms with Crippen molar-refractivity contribution < 1.29 is 4.48 Å². The molecule has 1 aromatic carbocycles. The molecule has 1 rings (SSSR count). The van der Waals surface area contributed by atoms with Crippen molar-refractivity contribution in [2.45, 2.75) is 130 Å². The lowest BCUT2D eigenvalue weighted by Crippen LogP contribution is -2.38. The van der Waals surface area contributed by atoms with Crippen molar-refractivity contribution in [2.24, 2.45) is 0 Å². The minimum Gasteiger partial charge on any atom is -0.321 e. The van der Waals surface area contributed by atoms with Crippen molar-refractivity contribution >= 4 is 0 Å². The van der Waals surface area contributed by atoms with Crippen LogP contribution in [-0.2, 0) is 6.54 Å². The highest BCUT2D eigenvalue weighted by Crippen LogP contribution is 2.16. The zero-order chi connectivity index (χ0) is 23.3. The summed E-state index contributed by atoms with van der Waals surface area (Å²) < 4.78 is 1.03. The lowest BCUT2D eigenvalue weighted by atomic mass is 10.0. The Balaban J connectivity index is 1.91. The van der Waals surface area contributed by atoms with Crippen LogP contribution >= 0.6 is 0 Å². The van der Waals surface area contributed by atoms with Gasteiger partial charge < -0.3 is 4.48 Å². The van der Waals surface area contributed by atoms with Crippen LogP contribution in [0, 0.1) is 0 Å². The van der Waals surface area contributed by atoms with Crippen LogP contribution in [-0.4, -0.2) is 25.1 Å². The monoisotopic (exact) mass is 442 g/mol. The number of hydrogen-bond acceptors (Lipinski definition) is 0. The van der Waals surface area contributed by atoms with Crippen LogP contribution < -0.4 is 0 Å². The highest BCUT2D eigenvalue weighted by molar-refractivity contribution is 5.13. The fraction of sp³-hybridized carbons (Fsp3) is 0.742. The zero-order valence-corrected chi connectivity index (χ0v) is 22.3. The van der Waals surface area contributed by atoms with Gasteiger partial charge in [0.25, 0.3) is 0 Å². The standard InChI is InChI=1S/C31H56N/c1-5-6-7-8-9-10-11-12-13-14-15-16-17-18-19-21-24-30(2)27-28-32(3,4)29-31-25-22-20-23-26-31/h20,22-23,25-27H,5-19,21,24,28-29H2,1-4H3/q+1. The number of rotatable bonds is 21. The molecule has 0 aromatic heterocycles. The highest BCUT2D eigenvalue weighted by atomic mass is 15.3. The van der Waals surface area contributed by atoms with E-state index >= 15 is 0 Å². The van der Waals surface area contributed by atoms with Gasteiger partial charge in [-0.3, -0.25) is 0 Å². The van der Waals surface area contributed by atoms with Gasteiger partial charge in [0.15, 0.2) is 0 Å². The average Bonchev–Trinajstić information content (AvgIpc) is 2.78. The van der Waals surface area contributed by atoms with Crippen LogP contribution in [0.25, 0.3) is 0 Å². The first-order valence-corrected chi connectivity index (χ1v) is 14.0. The molecule has 0 N–H and O–H groups in total. The summed E-state index contributed by atoms with van der Waals surface area (Å²) in [6, 6.07) is 10.9. The molecule has 0 aliphatic rings. The van der Waals surface area contributed by atoms with Crippen molar-refractivity contribution in [2.75, 3.05) is 20.6 Å². The van der Waals surface area contributed by atoms with E-state index in [-0.39, 0.29) is 0 Å². The van der Waals surface area contributed by atoms with Gasteiger partial charge in [0.05, 0.1) is 20.6 Å². The van der Waals surface area contributed by atoms with Crippen LogP contribution in [0.5, 0.6) is 0 Å².